The molecule has 0 aliphatic heterocycles. The summed E-state index contributed by atoms with van der Waals surface area (Å²) in [6.45, 7) is 9.52. The van der Waals surface area contributed by atoms with Gasteiger partial charge in [-0.2, -0.15) is 0 Å². The second-order valence-corrected chi connectivity index (χ2v) is 4.14. The molecule has 0 saturated heterocycles. The molecule has 0 radical (unpaired) electrons. The summed E-state index contributed by atoms with van der Waals surface area (Å²) < 4.78 is 0. The molecule has 1 heterocycles. The van der Waals surface area contributed by atoms with Crippen molar-refractivity contribution < 1.29 is 0 Å². The van der Waals surface area contributed by atoms with Crippen molar-refractivity contribution in [3.63, 3.8) is 0 Å². The molecule has 4 nitrogen and oxygen atoms in total. The molecule has 2 atom stereocenters. The fourth-order valence-electron chi connectivity index (χ4n) is 1.43. The van der Waals surface area contributed by atoms with Gasteiger partial charge in [0.2, 0.25) is 0 Å². The zero-order valence-corrected chi connectivity index (χ0v) is 10.6. The van der Waals surface area contributed by atoms with Crippen LogP contribution in [-0.4, -0.2) is 22.6 Å². The van der Waals surface area contributed by atoms with Gasteiger partial charge in [-0.15, -0.1) is 0 Å². The van der Waals surface area contributed by atoms with Crippen molar-refractivity contribution >= 4 is 11.6 Å². The molecule has 1 rings (SSSR count). The topological polar surface area (TPSA) is 49.8 Å². The van der Waals surface area contributed by atoms with E-state index in [1.807, 2.05) is 6.92 Å². The van der Waals surface area contributed by atoms with Crippen molar-refractivity contribution in [2.24, 2.45) is 5.92 Å². The van der Waals surface area contributed by atoms with E-state index in [0.29, 0.717) is 12.0 Å². The predicted molar refractivity (Wildman–Crippen MR) is 68.7 cm³/mol. The van der Waals surface area contributed by atoms with Gasteiger partial charge in [0, 0.05) is 12.6 Å². The molecule has 1 aromatic rings. The van der Waals surface area contributed by atoms with E-state index in [0.717, 1.165) is 24.6 Å². The van der Waals surface area contributed by atoms with E-state index in [1.54, 1.807) is 12.4 Å². The Kier molecular flexibility index (Phi) is 5.02. The first kappa shape index (κ1) is 12.7. The summed E-state index contributed by atoms with van der Waals surface area (Å²) >= 11 is 0. The van der Waals surface area contributed by atoms with Gasteiger partial charge in [-0.25, -0.2) is 4.98 Å². The summed E-state index contributed by atoms with van der Waals surface area (Å²) in [5.74, 6) is 2.29. The minimum Gasteiger partial charge on any atom is -0.369 e. The molecule has 2 N–H and O–H groups in total. The van der Waals surface area contributed by atoms with Crippen LogP contribution in [0.15, 0.2) is 12.4 Å². The van der Waals surface area contributed by atoms with Crippen molar-refractivity contribution in [3.05, 3.63) is 12.4 Å². The minimum absolute atomic E-state index is 0.413. The first-order chi connectivity index (χ1) is 7.67. The number of hydrogen-bond donors (Lipinski definition) is 2. The zero-order valence-electron chi connectivity index (χ0n) is 10.6. The third-order valence-corrected chi connectivity index (χ3v) is 2.87. The number of nitrogens with one attached hydrogen (secondary N) is 2. The Hall–Kier alpha value is -1.32. The summed E-state index contributed by atoms with van der Waals surface area (Å²) in [5.41, 5.74) is 0. The molecule has 0 aromatic carbocycles. The second kappa shape index (κ2) is 6.30. The van der Waals surface area contributed by atoms with Crippen LogP contribution in [0, 0.1) is 5.92 Å². The van der Waals surface area contributed by atoms with Crippen LogP contribution < -0.4 is 10.6 Å². The highest BCUT2D eigenvalue weighted by Crippen LogP contribution is 2.13. The molecule has 0 spiro atoms. The summed E-state index contributed by atoms with van der Waals surface area (Å²) in [6.07, 6.45) is 4.66. The van der Waals surface area contributed by atoms with Crippen LogP contribution in [0.5, 0.6) is 0 Å². The highest BCUT2D eigenvalue weighted by molar-refractivity contribution is 5.41. The van der Waals surface area contributed by atoms with Crippen LogP contribution in [0.25, 0.3) is 0 Å². The monoisotopic (exact) mass is 222 g/mol. The summed E-state index contributed by atoms with van der Waals surface area (Å²) in [5, 5.41) is 6.53. The average molecular weight is 222 g/mol. The minimum atomic E-state index is 0.413. The maximum Gasteiger partial charge on any atom is 0.147 e. The van der Waals surface area contributed by atoms with Crippen LogP contribution >= 0.6 is 0 Å². The molecule has 16 heavy (non-hydrogen) atoms. The second-order valence-electron chi connectivity index (χ2n) is 4.14. The van der Waals surface area contributed by atoms with Crippen molar-refractivity contribution in [2.45, 2.75) is 40.2 Å². The molecule has 0 bridgehead atoms. The lowest BCUT2D eigenvalue weighted by Gasteiger charge is -2.20. The number of nitrogens with zero attached hydrogens (tertiary/aromatic N) is 2. The summed E-state index contributed by atoms with van der Waals surface area (Å²) in [4.78, 5) is 8.59. The van der Waals surface area contributed by atoms with E-state index >= 15 is 0 Å². The van der Waals surface area contributed by atoms with Gasteiger partial charge >= 0.3 is 0 Å². The molecule has 90 valence electrons. The number of rotatable bonds is 6. The van der Waals surface area contributed by atoms with E-state index in [-0.39, 0.29) is 0 Å². The van der Waals surface area contributed by atoms with E-state index in [1.165, 1.54) is 0 Å². The van der Waals surface area contributed by atoms with Gasteiger partial charge in [0.1, 0.15) is 11.6 Å². The lowest BCUT2D eigenvalue weighted by molar-refractivity contribution is 0.493. The Morgan fingerprint density at radius 2 is 1.88 bits per heavy atom. The highest BCUT2D eigenvalue weighted by atomic mass is 15.1. The fourth-order valence-corrected chi connectivity index (χ4v) is 1.43. The first-order valence-electron chi connectivity index (χ1n) is 5.99. The molecule has 0 fully saturated rings. The van der Waals surface area contributed by atoms with Crippen LogP contribution in [0.1, 0.15) is 34.1 Å². The van der Waals surface area contributed by atoms with Gasteiger partial charge in [0.15, 0.2) is 0 Å². The van der Waals surface area contributed by atoms with E-state index in [4.69, 9.17) is 0 Å². The molecule has 2 unspecified atom stereocenters. The van der Waals surface area contributed by atoms with Crippen LogP contribution in [0.4, 0.5) is 11.6 Å². The summed E-state index contributed by atoms with van der Waals surface area (Å²) in [6, 6.07) is 0.413. The maximum atomic E-state index is 4.43. The van der Waals surface area contributed by atoms with Gasteiger partial charge in [0.05, 0.1) is 12.4 Å². The Balaban J connectivity index is 2.62. The first-order valence-corrected chi connectivity index (χ1v) is 5.99. The number of anilines is 2. The smallest absolute Gasteiger partial charge is 0.147 e. The van der Waals surface area contributed by atoms with Crippen LogP contribution in [0.3, 0.4) is 0 Å². The number of hydrogen-bond acceptors (Lipinski definition) is 4. The van der Waals surface area contributed by atoms with Crippen molar-refractivity contribution in [3.8, 4) is 0 Å². The highest BCUT2D eigenvalue weighted by Gasteiger charge is 2.10. The molecular weight excluding hydrogens is 200 g/mol. The number of aromatic nitrogens is 2. The van der Waals surface area contributed by atoms with Crippen molar-refractivity contribution in [1.29, 1.82) is 0 Å². The quantitative estimate of drug-likeness (QED) is 0.777. The largest absolute Gasteiger partial charge is 0.369 e. The molecule has 1 aromatic heterocycles. The molecule has 0 saturated carbocycles. The van der Waals surface area contributed by atoms with Gasteiger partial charge in [-0.05, 0) is 19.8 Å². The standard InChI is InChI=1S/C12H22N4/c1-5-9(3)10(4)15-12-8-13-7-11(16-12)14-6-2/h7-10H,5-6H2,1-4H3,(H2,14,15,16). The van der Waals surface area contributed by atoms with Gasteiger partial charge < -0.3 is 10.6 Å². The van der Waals surface area contributed by atoms with Crippen LogP contribution in [-0.2, 0) is 0 Å². The normalized spacial score (nSPS) is 14.2. The molecule has 4 heteroatoms. The molecule has 0 amide bonds. The molecule has 0 aliphatic rings. The Morgan fingerprint density at radius 3 is 2.50 bits per heavy atom. The van der Waals surface area contributed by atoms with Gasteiger partial charge in [-0.1, -0.05) is 20.3 Å². The third-order valence-electron chi connectivity index (χ3n) is 2.87. The SMILES string of the molecule is CCNc1cncc(NC(C)C(C)CC)n1. The Labute approximate surface area is 97.9 Å². The van der Waals surface area contributed by atoms with Crippen LogP contribution in [0.2, 0.25) is 0 Å². The molecular formula is C12H22N4. The average Bonchev–Trinajstić information content (AvgIpc) is 2.29. The van der Waals surface area contributed by atoms with Gasteiger partial charge in [-0.3, -0.25) is 4.98 Å². The fraction of sp³-hybridized carbons (Fsp3) is 0.667. The van der Waals surface area contributed by atoms with Crippen molar-refractivity contribution in [2.75, 3.05) is 17.2 Å². The van der Waals surface area contributed by atoms with E-state index in [2.05, 4.69) is 41.4 Å². The zero-order chi connectivity index (χ0) is 12.0. The van der Waals surface area contributed by atoms with Gasteiger partial charge in [0.25, 0.3) is 0 Å². The molecule has 0 aliphatic carbocycles. The maximum absolute atomic E-state index is 4.43. The van der Waals surface area contributed by atoms with Crippen molar-refractivity contribution in [1.82, 2.24) is 9.97 Å². The van der Waals surface area contributed by atoms with E-state index in [9.17, 15) is 0 Å². The summed E-state index contributed by atoms with van der Waals surface area (Å²) in [7, 11) is 0. The van der Waals surface area contributed by atoms with E-state index < -0.39 is 0 Å². The predicted octanol–water partition coefficient (Wildman–Crippen LogP) is 2.75. The lowest BCUT2D eigenvalue weighted by atomic mass is 10.0. The lowest BCUT2D eigenvalue weighted by Crippen LogP contribution is -2.24. The Bertz CT molecular complexity index is 314. The third kappa shape index (κ3) is 3.68. The Morgan fingerprint density at radius 1 is 1.19 bits per heavy atom.